The summed E-state index contributed by atoms with van der Waals surface area (Å²) in [5, 5.41) is 4.16. The highest BCUT2D eigenvalue weighted by Crippen LogP contribution is 2.21. The summed E-state index contributed by atoms with van der Waals surface area (Å²) in [5.41, 5.74) is 5.11. The zero-order valence-corrected chi connectivity index (χ0v) is 15.0. The molecule has 9 heteroatoms. The van der Waals surface area contributed by atoms with E-state index in [1.807, 2.05) is 18.2 Å². The second-order valence-corrected chi connectivity index (χ2v) is 5.61. The minimum absolute atomic E-state index is 0.313. The largest absolute Gasteiger partial charge is 0.457 e. The zero-order chi connectivity index (χ0) is 20.5. The van der Waals surface area contributed by atoms with Crippen LogP contribution in [-0.2, 0) is 14.3 Å². The molecule has 2 aromatic rings. The average Bonchev–Trinajstić information content (AvgIpc) is 2.67. The van der Waals surface area contributed by atoms with Gasteiger partial charge in [0.15, 0.2) is 6.10 Å². The maximum atomic E-state index is 12.1. The summed E-state index contributed by atoms with van der Waals surface area (Å²) in [4.78, 5) is 45.8. The molecule has 0 fully saturated rings. The molecule has 0 aliphatic carbocycles. The molecule has 0 aliphatic heterocycles. The van der Waals surface area contributed by atoms with E-state index in [0.29, 0.717) is 17.1 Å². The van der Waals surface area contributed by atoms with Crippen molar-refractivity contribution in [3.05, 3.63) is 60.2 Å². The van der Waals surface area contributed by atoms with Gasteiger partial charge in [-0.2, -0.15) is 0 Å². The van der Waals surface area contributed by atoms with Gasteiger partial charge in [-0.1, -0.05) is 18.2 Å². The van der Waals surface area contributed by atoms with Crippen molar-refractivity contribution in [2.75, 3.05) is 6.54 Å². The van der Waals surface area contributed by atoms with E-state index >= 15 is 0 Å². The van der Waals surface area contributed by atoms with Gasteiger partial charge in [0.05, 0.1) is 0 Å². The van der Waals surface area contributed by atoms with Crippen LogP contribution in [0.4, 0.5) is 4.79 Å². The summed E-state index contributed by atoms with van der Waals surface area (Å²) in [6, 6.07) is 14.4. The van der Waals surface area contributed by atoms with Crippen molar-refractivity contribution >= 4 is 23.8 Å². The minimum Gasteiger partial charge on any atom is -0.457 e. The fourth-order valence-electron chi connectivity index (χ4n) is 2.07. The standard InChI is InChI=1S/C19H19N3O6/c1-12(17(24)22-19(20)26)27-16(23)11-21-18(25)13-7-9-15(10-8-13)28-14-5-3-2-4-6-14/h2-10,12H,11H2,1H3,(H,21,25)(H3,20,22,24,26)/t12-/m1/s1. The minimum atomic E-state index is -1.23. The van der Waals surface area contributed by atoms with Gasteiger partial charge in [-0.3, -0.25) is 19.7 Å². The number of para-hydroxylation sites is 1. The molecule has 2 rings (SSSR count). The Bertz CT molecular complexity index is 852. The third-order valence-corrected chi connectivity index (χ3v) is 3.41. The molecule has 1 atom stereocenters. The Hall–Kier alpha value is -3.88. The number of ether oxygens (including phenoxy) is 2. The molecule has 0 spiro atoms. The summed E-state index contributed by atoms with van der Waals surface area (Å²) >= 11 is 0. The lowest BCUT2D eigenvalue weighted by molar-refractivity contribution is -0.153. The van der Waals surface area contributed by atoms with Crippen molar-refractivity contribution in [3.63, 3.8) is 0 Å². The van der Waals surface area contributed by atoms with Gasteiger partial charge in [0.1, 0.15) is 18.0 Å². The second-order valence-electron chi connectivity index (χ2n) is 5.61. The Labute approximate surface area is 160 Å². The summed E-state index contributed by atoms with van der Waals surface area (Å²) in [7, 11) is 0. The van der Waals surface area contributed by atoms with E-state index in [1.165, 1.54) is 6.92 Å². The van der Waals surface area contributed by atoms with Gasteiger partial charge in [0.2, 0.25) is 0 Å². The highest BCUT2D eigenvalue weighted by Gasteiger charge is 2.19. The molecule has 9 nitrogen and oxygen atoms in total. The normalized spacial score (nSPS) is 11.0. The fraction of sp³-hybridized carbons (Fsp3) is 0.158. The molecule has 4 N–H and O–H groups in total. The summed E-state index contributed by atoms with van der Waals surface area (Å²) in [6.07, 6.45) is -1.23. The van der Waals surface area contributed by atoms with Crippen molar-refractivity contribution in [2.45, 2.75) is 13.0 Å². The quantitative estimate of drug-likeness (QED) is 0.615. The molecule has 0 saturated carbocycles. The van der Waals surface area contributed by atoms with Crippen molar-refractivity contribution in [2.24, 2.45) is 5.73 Å². The number of nitrogens with one attached hydrogen (secondary N) is 2. The van der Waals surface area contributed by atoms with Gasteiger partial charge in [-0.05, 0) is 43.3 Å². The predicted octanol–water partition coefficient (Wildman–Crippen LogP) is 1.34. The number of rotatable bonds is 7. The highest BCUT2D eigenvalue weighted by atomic mass is 16.5. The van der Waals surface area contributed by atoms with Gasteiger partial charge in [0.25, 0.3) is 11.8 Å². The van der Waals surface area contributed by atoms with Crippen LogP contribution in [0.3, 0.4) is 0 Å². The molecule has 0 aromatic heterocycles. The number of carbonyl (C=O) groups excluding carboxylic acids is 4. The molecule has 2 aromatic carbocycles. The summed E-state index contributed by atoms with van der Waals surface area (Å²) in [6.45, 7) is 0.818. The highest BCUT2D eigenvalue weighted by molar-refractivity contribution is 5.97. The van der Waals surface area contributed by atoms with Crippen LogP contribution in [0.1, 0.15) is 17.3 Å². The predicted molar refractivity (Wildman–Crippen MR) is 98.6 cm³/mol. The molecule has 0 bridgehead atoms. The number of hydrogen-bond donors (Lipinski definition) is 3. The van der Waals surface area contributed by atoms with Crippen LogP contribution in [0.5, 0.6) is 11.5 Å². The van der Waals surface area contributed by atoms with Gasteiger partial charge in [-0.15, -0.1) is 0 Å². The van der Waals surface area contributed by atoms with E-state index < -0.39 is 36.5 Å². The first kappa shape index (κ1) is 20.4. The first-order chi connectivity index (χ1) is 13.3. The van der Waals surface area contributed by atoms with E-state index in [0.717, 1.165) is 0 Å². The number of imide groups is 1. The zero-order valence-electron chi connectivity index (χ0n) is 15.0. The smallest absolute Gasteiger partial charge is 0.326 e. The number of benzene rings is 2. The molecular formula is C19H19N3O6. The van der Waals surface area contributed by atoms with Crippen LogP contribution in [-0.4, -0.2) is 36.5 Å². The van der Waals surface area contributed by atoms with Gasteiger partial charge in [0, 0.05) is 5.56 Å². The maximum Gasteiger partial charge on any atom is 0.326 e. The van der Waals surface area contributed by atoms with Crippen LogP contribution in [0.15, 0.2) is 54.6 Å². The molecule has 146 valence electrons. The number of primary amides is 1. The molecule has 0 saturated heterocycles. The number of hydrogen-bond acceptors (Lipinski definition) is 6. The first-order valence-electron chi connectivity index (χ1n) is 8.26. The Morgan fingerprint density at radius 1 is 0.964 bits per heavy atom. The molecule has 0 aliphatic rings. The third-order valence-electron chi connectivity index (χ3n) is 3.41. The molecule has 0 heterocycles. The number of urea groups is 1. The Morgan fingerprint density at radius 2 is 1.57 bits per heavy atom. The Morgan fingerprint density at radius 3 is 2.18 bits per heavy atom. The topological polar surface area (TPSA) is 137 Å². The van der Waals surface area contributed by atoms with Crippen LogP contribution in [0, 0.1) is 0 Å². The average molecular weight is 385 g/mol. The van der Waals surface area contributed by atoms with Crippen LogP contribution in [0.25, 0.3) is 0 Å². The number of nitrogens with two attached hydrogens (primary N) is 1. The van der Waals surface area contributed by atoms with E-state index in [2.05, 4.69) is 5.32 Å². The number of carbonyl (C=O) groups is 4. The van der Waals surface area contributed by atoms with E-state index in [4.69, 9.17) is 15.2 Å². The van der Waals surface area contributed by atoms with E-state index in [9.17, 15) is 19.2 Å². The maximum absolute atomic E-state index is 12.1. The SMILES string of the molecule is C[C@@H](OC(=O)CNC(=O)c1ccc(Oc2ccccc2)cc1)C(=O)NC(N)=O. The summed E-state index contributed by atoms with van der Waals surface area (Å²) in [5.74, 6) is -0.989. The van der Waals surface area contributed by atoms with Gasteiger partial charge >= 0.3 is 12.0 Å². The molecule has 0 radical (unpaired) electrons. The lowest BCUT2D eigenvalue weighted by atomic mass is 10.2. The van der Waals surface area contributed by atoms with Gasteiger partial charge < -0.3 is 20.5 Å². The van der Waals surface area contributed by atoms with Crippen molar-refractivity contribution in [3.8, 4) is 11.5 Å². The lowest BCUT2D eigenvalue weighted by Crippen LogP contribution is -2.43. The van der Waals surface area contributed by atoms with Crippen LogP contribution >= 0.6 is 0 Å². The van der Waals surface area contributed by atoms with Crippen LogP contribution < -0.4 is 21.1 Å². The monoisotopic (exact) mass is 385 g/mol. The van der Waals surface area contributed by atoms with Crippen molar-refractivity contribution in [1.29, 1.82) is 0 Å². The van der Waals surface area contributed by atoms with Crippen LogP contribution in [0.2, 0.25) is 0 Å². The second kappa shape index (κ2) is 9.72. The lowest BCUT2D eigenvalue weighted by Gasteiger charge is -2.12. The Kier molecular flexibility index (Phi) is 7.09. The van der Waals surface area contributed by atoms with Crippen molar-refractivity contribution in [1.82, 2.24) is 10.6 Å². The summed E-state index contributed by atoms with van der Waals surface area (Å²) < 4.78 is 10.4. The number of esters is 1. The molecular weight excluding hydrogens is 366 g/mol. The fourth-order valence-corrected chi connectivity index (χ4v) is 2.07. The van der Waals surface area contributed by atoms with E-state index in [-0.39, 0.29) is 0 Å². The molecule has 28 heavy (non-hydrogen) atoms. The van der Waals surface area contributed by atoms with E-state index in [1.54, 1.807) is 41.7 Å². The number of amides is 4. The van der Waals surface area contributed by atoms with Crippen molar-refractivity contribution < 1.29 is 28.7 Å². The third kappa shape index (κ3) is 6.45. The molecule has 4 amide bonds. The Balaban J connectivity index is 1.81. The first-order valence-corrected chi connectivity index (χ1v) is 8.26. The van der Waals surface area contributed by atoms with Gasteiger partial charge in [-0.25, -0.2) is 4.79 Å². The molecule has 0 unspecified atom stereocenters.